The van der Waals surface area contributed by atoms with Crippen molar-refractivity contribution in [3.8, 4) is 5.75 Å². The summed E-state index contributed by atoms with van der Waals surface area (Å²) in [7, 11) is 0. The number of aromatic nitrogens is 1. The minimum absolute atomic E-state index is 0.125. The van der Waals surface area contributed by atoms with E-state index < -0.39 is 5.95 Å². The van der Waals surface area contributed by atoms with E-state index in [-0.39, 0.29) is 5.75 Å². The lowest BCUT2D eigenvalue weighted by Crippen LogP contribution is -1.83. The van der Waals surface area contributed by atoms with Crippen LogP contribution in [0.15, 0.2) is 30.3 Å². The largest absolute Gasteiger partial charge is 0.507 e. The van der Waals surface area contributed by atoms with Crippen molar-refractivity contribution in [3.05, 3.63) is 36.3 Å². The Kier molecular flexibility index (Phi) is 1.43. The molecule has 0 unspecified atom stereocenters. The van der Waals surface area contributed by atoms with E-state index in [0.29, 0.717) is 10.9 Å². The van der Waals surface area contributed by atoms with Gasteiger partial charge in [-0.1, -0.05) is 6.07 Å². The number of phenolic OH excluding ortho intramolecular Hbond substituents is 1. The second kappa shape index (κ2) is 2.44. The van der Waals surface area contributed by atoms with Gasteiger partial charge in [0.2, 0.25) is 5.95 Å². The molecule has 0 saturated carbocycles. The number of rotatable bonds is 0. The molecule has 60 valence electrons. The Bertz CT molecular complexity index is 428. The van der Waals surface area contributed by atoms with Gasteiger partial charge in [-0.15, -0.1) is 0 Å². The summed E-state index contributed by atoms with van der Waals surface area (Å²) < 4.78 is 12.6. The summed E-state index contributed by atoms with van der Waals surface area (Å²) in [4.78, 5) is 3.61. The fourth-order valence-electron chi connectivity index (χ4n) is 1.11. The first-order valence-electron chi connectivity index (χ1n) is 3.51. The average molecular weight is 163 g/mol. The van der Waals surface area contributed by atoms with Crippen molar-refractivity contribution in [2.45, 2.75) is 0 Å². The maximum absolute atomic E-state index is 12.6. The van der Waals surface area contributed by atoms with Gasteiger partial charge in [0.25, 0.3) is 0 Å². The molecule has 0 saturated heterocycles. The standard InChI is InChI=1S/C9H6FNO/c10-9-5-4-6-7(11-9)2-1-3-8(6)12/h1-5,12H. The first kappa shape index (κ1) is 7.03. The van der Waals surface area contributed by atoms with E-state index in [0.717, 1.165) is 0 Å². The molecule has 0 radical (unpaired) electrons. The van der Waals surface area contributed by atoms with Crippen LogP contribution in [0.3, 0.4) is 0 Å². The smallest absolute Gasteiger partial charge is 0.213 e. The van der Waals surface area contributed by atoms with Crippen molar-refractivity contribution in [3.63, 3.8) is 0 Å². The van der Waals surface area contributed by atoms with Crippen LogP contribution in [0.1, 0.15) is 0 Å². The Morgan fingerprint density at radius 2 is 2.00 bits per heavy atom. The zero-order valence-corrected chi connectivity index (χ0v) is 6.16. The van der Waals surface area contributed by atoms with Crippen LogP contribution in [-0.2, 0) is 0 Å². The molecule has 0 aliphatic heterocycles. The molecule has 2 nitrogen and oxygen atoms in total. The molecule has 0 aliphatic carbocycles. The fourth-order valence-corrected chi connectivity index (χ4v) is 1.11. The van der Waals surface area contributed by atoms with E-state index in [1.165, 1.54) is 12.1 Å². The highest BCUT2D eigenvalue weighted by Crippen LogP contribution is 2.22. The maximum Gasteiger partial charge on any atom is 0.213 e. The van der Waals surface area contributed by atoms with Crippen LogP contribution in [0.4, 0.5) is 4.39 Å². The summed E-state index contributed by atoms with van der Waals surface area (Å²) >= 11 is 0. The highest BCUT2D eigenvalue weighted by atomic mass is 19.1. The van der Waals surface area contributed by atoms with E-state index in [1.54, 1.807) is 18.2 Å². The summed E-state index contributed by atoms with van der Waals surface area (Å²) in [5, 5.41) is 9.87. The van der Waals surface area contributed by atoms with Gasteiger partial charge >= 0.3 is 0 Å². The molecule has 0 amide bonds. The molecule has 0 atom stereocenters. The molecule has 1 N–H and O–H groups in total. The molecule has 12 heavy (non-hydrogen) atoms. The van der Waals surface area contributed by atoms with Gasteiger partial charge in [-0.2, -0.15) is 4.39 Å². The van der Waals surface area contributed by atoms with Crippen LogP contribution in [-0.4, -0.2) is 10.1 Å². The van der Waals surface area contributed by atoms with E-state index in [9.17, 15) is 9.50 Å². The van der Waals surface area contributed by atoms with Gasteiger partial charge in [-0.3, -0.25) is 0 Å². The van der Waals surface area contributed by atoms with Gasteiger partial charge in [0.1, 0.15) is 5.75 Å². The third-order valence-corrected chi connectivity index (χ3v) is 1.67. The van der Waals surface area contributed by atoms with Crippen LogP contribution in [0.25, 0.3) is 10.9 Å². The Morgan fingerprint density at radius 3 is 2.83 bits per heavy atom. The number of hydrogen-bond donors (Lipinski definition) is 1. The minimum atomic E-state index is -0.534. The van der Waals surface area contributed by atoms with Gasteiger partial charge in [0.05, 0.1) is 5.52 Å². The summed E-state index contributed by atoms with van der Waals surface area (Å²) in [6.45, 7) is 0. The Labute approximate surface area is 68.3 Å². The number of nitrogens with zero attached hydrogens (tertiary/aromatic N) is 1. The lowest BCUT2D eigenvalue weighted by Gasteiger charge is -1.98. The molecule has 0 fully saturated rings. The zero-order valence-electron chi connectivity index (χ0n) is 6.16. The van der Waals surface area contributed by atoms with E-state index in [2.05, 4.69) is 4.98 Å². The van der Waals surface area contributed by atoms with Crippen LogP contribution >= 0.6 is 0 Å². The lowest BCUT2D eigenvalue weighted by atomic mass is 10.2. The van der Waals surface area contributed by atoms with Crippen LogP contribution in [0, 0.1) is 5.95 Å². The van der Waals surface area contributed by atoms with Crippen LogP contribution < -0.4 is 0 Å². The maximum atomic E-state index is 12.6. The monoisotopic (exact) mass is 163 g/mol. The Balaban J connectivity index is 2.86. The summed E-state index contributed by atoms with van der Waals surface area (Å²) in [5.41, 5.74) is 0.468. The minimum Gasteiger partial charge on any atom is -0.507 e. The first-order chi connectivity index (χ1) is 5.77. The van der Waals surface area contributed by atoms with Crippen LogP contribution in [0.2, 0.25) is 0 Å². The number of halogens is 1. The number of hydrogen-bond acceptors (Lipinski definition) is 2. The predicted octanol–water partition coefficient (Wildman–Crippen LogP) is 2.08. The van der Waals surface area contributed by atoms with Gasteiger partial charge < -0.3 is 5.11 Å². The Morgan fingerprint density at radius 1 is 1.17 bits per heavy atom. The van der Waals surface area contributed by atoms with E-state index in [1.807, 2.05) is 0 Å². The van der Waals surface area contributed by atoms with Crippen molar-refractivity contribution >= 4 is 10.9 Å². The normalized spacial score (nSPS) is 10.4. The number of fused-ring (bicyclic) bond motifs is 1. The molecular formula is C9H6FNO. The molecule has 1 aromatic heterocycles. The highest BCUT2D eigenvalue weighted by molar-refractivity contribution is 5.84. The summed E-state index contributed by atoms with van der Waals surface area (Å²) in [5.74, 6) is -0.409. The SMILES string of the molecule is Oc1cccc2nc(F)ccc12. The van der Waals surface area contributed by atoms with Crippen molar-refractivity contribution in [2.24, 2.45) is 0 Å². The van der Waals surface area contributed by atoms with Crippen molar-refractivity contribution in [1.29, 1.82) is 0 Å². The van der Waals surface area contributed by atoms with E-state index >= 15 is 0 Å². The van der Waals surface area contributed by atoms with Crippen molar-refractivity contribution in [2.75, 3.05) is 0 Å². The number of benzene rings is 1. The Hall–Kier alpha value is -1.64. The van der Waals surface area contributed by atoms with Crippen molar-refractivity contribution in [1.82, 2.24) is 4.98 Å². The number of aromatic hydroxyl groups is 1. The fraction of sp³-hybridized carbons (Fsp3) is 0. The molecule has 2 aromatic rings. The third kappa shape index (κ3) is 0.993. The molecule has 3 heteroatoms. The third-order valence-electron chi connectivity index (χ3n) is 1.67. The number of phenols is 1. The van der Waals surface area contributed by atoms with Gasteiger partial charge in [-0.25, -0.2) is 4.98 Å². The molecule has 0 spiro atoms. The molecule has 0 bridgehead atoms. The topological polar surface area (TPSA) is 33.1 Å². The van der Waals surface area contributed by atoms with E-state index in [4.69, 9.17) is 0 Å². The first-order valence-corrected chi connectivity index (χ1v) is 3.51. The summed E-state index contributed by atoms with van der Waals surface area (Å²) in [6, 6.07) is 7.55. The lowest BCUT2D eigenvalue weighted by molar-refractivity contribution is 0.481. The summed E-state index contributed by atoms with van der Waals surface area (Å²) in [6.07, 6.45) is 0. The van der Waals surface area contributed by atoms with Crippen LogP contribution in [0.5, 0.6) is 5.75 Å². The van der Waals surface area contributed by atoms with Crippen molar-refractivity contribution < 1.29 is 9.50 Å². The average Bonchev–Trinajstić information content (AvgIpc) is 2.04. The molecule has 2 rings (SSSR count). The number of pyridine rings is 1. The predicted molar refractivity (Wildman–Crippen MR) is 43.4 cm³/mol. The molecular weight excluding hydrogens is 157 g/mol. The quantitative estimate of drug-likeness (QED) is 0.603. The molecule has 1 heterocycles. The van der Waals surface area contributed by atoms with Gasteiger partial charge in [0, 0.05) is 5.39 Å². The molecule has 0 aliphatic rings. The van der Waals surface area contributed by atoms with Gasteiger partial charge in [-0.05, 0) is 24.3 Å². The highest BCUT2D eigenvalue weighted by Gasteiger charge is 2.00. The zero-order chi connectivity index (χ0) is 8.55. The molecule has 1 aromatic carbocycles. The van der Waals surface area contributed by atoms with Gasteiger partial charge in [0.15, 0.2) is 0 Å². The second-order valence-electron chi connectivity index (χ2n) is 2.48. The second-order valence-corrected chi connectivity index (χ2v) is 2.48.